The van der Waals surface area contributed by atoms with Crippen molar-refractivity contribution in [3.63, 3.8) is 0 Å². The van der Waals surface area contributed by atoms with Crippen LogP contribution in [-0.4, -0.2) is 7.28 Å². The van der Waals surface area contributed by atoms with Gasteiger partial charge in [-0.25, -0.2) is 0 Å². The first-order valence-electron chi connectivity index (χ1n) is 5.35. The normalized spacial score (nSPS) is 11.5. The highest BCUT2D eigenvalue weighted by molar-refractivity contribution is 6.42. The number of rotatable bonds is 4. The van der Waals surface area contributed by atoms with Crippen molar-refractivity contribution in [2.75, 3.05) is 0 Å². The third kappa shape index (κ3) is 2.51. The lowest BCUT2D eigenvalue weighted by atomic mass is 9.48. The van der Waals surface area contributed by atoms with Gasteiger partial charge in [0.2, 0.25) is 0 Å². The van der Waals surface area contributed by atoms with E-state index in [0.717, 1.165) is 12.8 Å². The van der Waals surface area contributed by atoms with E-state index < -0.39 is 0 Å². The van der Waals surface area contributed by atoms with Crippen molar-refractivity contribution < 1.29 is 0 Å². The van der Waals surface area contributed by atoms with Crippen LogP contribution in [0, 0.1) is 0 Å². The van der Waals surface area contributed by atoms with E-state index in [1.807, 2.05) is 12.1 Å². The maximum absolute atomic E-state index is 6.04. The molecule has 0 atom stereocenters. The third-order valence-electron chi connectivity index (χ3n) is 3.31. The van der Waals surface area contributed by atoms with Crippen molar-refractivity contribution in [1.82, 2.24) is 0 Å². The molecule has 0 aliphatic heterocycles. The van der Waals surface area contributed by atoms with Gasteiger partial charge in [-0.1, -0.05) is 62.8 Å². The molecule has 0 spiro atoms. The van der Waals surface area contributed by atoms with E-state index in [1.54, 1.807) is 0 Å². The molecule has 0 unspecified atom stereocenters. The Morgan fingerprint density at radius 3 is 2.13 bits per heavy atom. The van der Waals surface area contributed by atoms with Crippen LogP contribution in [0.5, 0.6) is 0 Å². The van der Waals surface area contributed by atoms with E-state index in [0.29, 0.717) is 10.0 Å². The summed E-state index contributed by atoms with van der Waals surface area (Å²) < 4.78 is 0. The minimum Gasteiger partial charge on any atom is -0.0911 e. The minimum atomic E-state index is 0.133. The smallest absolute Gasteiger partial charge is 0.0911 e. The molecule has 0 heterocycles. The fourth-order valence-corrected chi connectivity index (χ4v) is 2.34. The summed E-state index contributed by atoms with van der Waals surface area (Å²) in [7, 11) is 2.26. The Kier molecular flexibility index (Phi) is 4.54. The van der Waals surface area contributed by atoms with Crippen LogP contribution in [0.2, 0.25) is 16.9 Å². The van der Waals surface area contributed by atoms with Crippen LogP contribution in [0.1, 0.15) is 32.3 Å². The van der Waals surface area contributed by atoms with Crippen LogP contribution in [0.25, 0.3) is 0 Å². The molecular weight excluding hydrogens is 226 g/mol. The fourth-order valence-electron chi connectivity index (χ4n) is 2.04. The van der Waals surface area contributed by atoms with Crippen LogP contribution in [0.15, 0.2) is 18.2 Å². The van der Waals surface area contributed by atoms with Crippen molar-refractivity contribution in [3.8, 4) is 0 Å². The second kappa shape index (κ2) is 5.27. The Bertz CT molecular complexity index is 324. The largest absolute Gasteiger partial charge is 0.120 e. The van der Waals surface area contributed by atoms with Gasteiger partial charge in [0.05, 0.1) is 10.0 Å². The van der Waals surface area contributed by atoms with Crippen LogP contribution in [0.4, 0.5) is 0 Å². The second-order valence-electron chi connectivity index (χ2n) is 3.78. The van der Waals surface area contributed by atoms with Crippen LogP contribution >= 0.6 is 23.2 Å². The van der Waals surface area contributed by atoms with Crippen molar-refractivity contribution in [2.24, 2.45) is 0 Å². The molecule has 1 aromatic rings. The van der Waals surface area contributed by atoms with Gasteiger partial charge in [0, 0.05) is 0 Å². The maximum atomic E-state index is 6.04. The molecular formula is C12H16BCl2. The standard InChI is InChI=1S/C12H16BCl2/c1-4-12(5-2,13-3)9-6-7-10(14)11(15)8-9/h6-8H,4-5H2,1-3H3. The number of hydrogen-bond acceptors (Lipinski definition) is 0. The molecule has 1 radical (unpaired) electrons. The molecule has 1 rings (SSSR count). The topological polar surface area (TPSA) is 0 Å². The molecule has 0 fully saturated rings. The minimum absolute atomic E-state index is 0.133. The van der Waals surface area contributed by atoms with Crippen LogP contribution in [0.3, 0.4) is 0 Å². The first-order valence-corrected chi connectivity index (χ1v) is 6.11. The highest BCUT2D eigenvalue weighted by atomic mass is 35.5. The van der Waals surface area contributed by atoms with Gasteiger partial charge in [-0.2, -0.15) is 0 Å². The predicted octanol–water partition coefficient (Wildman–Crippen LogP) is 4.76. The van der Waals surface area contributed by atoms with E-state index in [2.05, 4.69) is 34.0 Å². The highest BCUT2D eigenvalue weighted by Gasteiger charge is 2.26. The molecule has 0 aliphatic rings. The number of hydrogen-bond donors (Lipinski definition) is 0. The average molecular weight is 242 g/mol. The molecule has 1 aromatic carbocycles. The summed E-state index contributed by atoms with van der Waals surface area (Å²) >= 11 is 12.0. The highest BCUT2D eigenvalue weighted by Crippen LogP contribution is 2.34. The second-order valence-corrected chi connectivity index (χ2v) is 4.60. The Morgan fingerprint density at radius 1 is 1.13 bits per heavy atom. The van der Waals surface area contributed by atoms with Crippen molar-refractivity contribution in [3.05, 3.63) is 33.8 Å². The molecule has 15 heavy (non-hydrogen) atoms. The summed E-state index contributed by atoms with van der Waals surface area (Å²) in [6, 6.07) is 5.93. The molecule has 81 valence electrons. The van der Waals surface area contributed by atoms with Gasteiger partial charge in [-0.05, 0) is 23.0 Å². The monoisotopic (exact) mass is 241 g/mol. The first kappa shape index (κ1) is 12.9. The van der Waals surface area contributed by atoms with Gasteiger partial charge in [-0.15, -0.1) is 0 Å². The lowest BCUT2D eigenvalue weighted by Gasteiger charge is -2.31. The zero-order valence-electron chi connectivity index (χ0n) is 9.48. The van der Waals surface area contributed by atoms with Gasteiger partial charge >= 0.3 is 0 Å². The van der Waals surface area contributed by atoms with E-state index >= 15 is 0 Å². The molecule has 0 aliphatic carbocycles. The lowest BCUT2D eigenvalue weighted by Crippen LogP contribution is -2.30. The lowest BCUT2D eigenvalue weighted by molar-refractivity contribution is 0.557. The molecule has 0 nitrogen and oxygen atoms in total. The number of benzene rings is 1. The molecule has 0 saturated heterocycles. The van der Waals surface area contributed by atoms with Crippen molar-refractivity contribution in [2.45, 2.75) is 38.8 Å². The van der Waals surface area contributed by atoms with E-state index in [-0.39, 0.29) is 5.31 Å². The third-order valence-corrected chi connectivity index (χ3v) is 4.05. The average Bonchev–Trinajstić information content (AvgIpc) is 2.26. The molecule has 0 saturated carbocycles. The Labute approximate surface area is 103 Å². The van der Waals surface area contributed by atoms with Crippen LogP contribution < -0.4 is 0 Å². The molecule has 0 aromatic heterocycles. The molecule has 3 heteroatoms. The van der Waals surface area contributed by atoms with Gasteiger partial charge in [0.1, 0.15) is 7.28 Å². The predicted molar refractivity (Wildman–Crippen MR) is 70.3 cm³/mol. The Morgan fingerprint density at radius 2 is 1.73 bits per heavy atom. The van der Waals surface area contributed by atoms with Crippen molar-refractivity contribution in [1.29, 1.82) is 0 Å². The fraction of sp³-hybridized carbons (Fsp3) is 0.500. The van der Waals surface area contributed by atoms with Gasteiger partial charge < -0.3 is 0 Å². The summed E-state index contributed by atoms with van der Waals surface area (Å²) in [6.07, 6.45) is 2.16. The Hall–Kier alpha value is -0.135. The van der Waals surface area contributed by atoms with Gasteiger partial charge in [0.15, 0.2) is 0 Å². The van der Waals surface area contributed by atoms with Gasteiger partial charge in [-0.3, -0.25) is 0 Å². The van der Waals surface area contributed by atoms with Crippen molar-refractivity contribution >= 4 is 30.5 Å². The van der Waals surface area contributed by atoms with E-state index in [9.17, 15) is 0 Å². The Balaban J connectivity index is 3.17. The van der Waals surface area contributed by atoms with E-state index in [1.165, 1.54) is 5.56 Å². The van der Waals surface area contributed by atoms with E-state index in [4.69, 9.17) is 23.2 Å². The molecule has 0 bridgehead atoms. The maximum Gasteiger partial charge on any atom is 0.120 e. The van der Waals surface area contributed by atoms with Gasteiger partial charge in [0.25, 0.3) is 0 Å². The number of halogens is 2. The molecule has 0 N–H and O–H groups in total. The summed E-state index contributed by atoms with van der Waals surface area (Å²) in [4.78, 5) is 0. The SMILES string of the molecule is C[B]C(CC)(CC)c1ccc(Cl)c(Cl)c1. The zero-order chi connectivity index (χ0) is 11.5. The molecule has 0 amide bonds. The summed E-state index contributed by atoms with van der Waals surface area (Å²) in [5, 5.41) is 1.40. The first-order chi connectivity index (χ1) is 7.09. The van der Waals surface area contributed by atoms with Crippen LogP contribution in [-0.2, 0) is 5.31 Å². The summed E-state index contributed by atoms with van der Waals surface area (Å²) in [5.41, 5.74) is 1.25. The quantitative estimate of drug-likeness (QED) is 0.667. The summed E-state index contributed by atoms with van der Waals surface area (Å²) in [5.74, 6) is 0. The zero-order valence-corrected chi connectivity index (χ0v) is 11.0. The summed E-state index contributed by atoms with van der Waals surface area (Å²) in [6.45, 7) is 6.51.